The molecule has 3 aliphatic rings. The summed E-state index contributed by atoms with van der Waals surface area (Å²) in [6.45, 7) is 5.59. The molecular formula is C26H26N4O3. The first-order chi connectivity index (χ1) is 15.7. The summed E-state index contributed by atoms with van der Waals surface area (Å²) in [6, 6.07) is 15.1. The van der Waals surface area contributed by atoms with E-state index in [0.717, 1.165) is 22.0 Å². The zero-order chi connectivity index (χ0) is 23.1. The fourth-order valence-electron chi connectivity index (χ4n) is 6.13. The van der Waals surface area contributed by atoms with E-state index in [1.54, 1.807) is 0 Å². The highest BCUT2D eigenvalue weighted by molar-refractivity contribution is 6.15. The topological polar surface area (TPSA) is 94.3 Å². The quantitative estimate of drug-likeness (QED) is 0.532. The Bertz CT molecular complexity index is 1340. The van der Waals surface area contributed by atoms with Crippen molar-refractivity contribution in [1.82, 2.24) is 15.2 Å². The second kappa shape index (κ2) is 6.54. The average molecular weight is 443 g/mol. The predicted molar refractivity (Wildman–Crippen MR) is 124 cm³/mol. The third-order valence-electron chi connectivity index (χ3n) is 7.41. The van der Waals surface area contributed by atoms with Gasteiger partial charge in [-0.25, -0.2) is 0 Å². The van der Waals surface area contributed by atoms with Gasteiger partial charge in [0.2, 0.25) is 17.7 Å². The monoisotopic (exact) mass is 442 g/mol. The highest BCUT2D eigenvalue weighted by atomic mass is 16.2. The number of amides is 3. The first kappa shape index (κ1) is 20.2. The third-order valence-corrected chi connectivity index (χ3v) is 7.41. The molecule has 2 fully saturated rings. The number of hydrogen-bond acceptors (Lipinski definition) is 4. The maximum Gasteiger partial charge on any atom is 0.250 e. The summed E-state index contributed by atoms with van der Waals surface area (Å²) in [5, 5.41) is 7.55. The van der Waals surface area contributed by atoms with Gasteiger partial charge < -0.3 is 10.3 Å². The molecule has 0 radical (unpaired) electrons. The molecule has 2 saturated heterocycles. The zero-order valence-electron chi connectivity index (χ0n) is 18.8. The summed E-state index contributed by atoms with van der Waals surface area (Å²) in [5.41, 5.74) is 1.58. The lowest BCUT2D eigenvalue weighted by Crippen LogP contribution is -2.56. The predicted octanol–water partition coefficient (Wildman–Crippen LogP) is 2.93. The number of anilines is 1. The molecule has 4 atom stereocenters. The molecule has 3 aliphatic heterocycles. The number of fused-ring (bicyclic) bond motifs is 5. The summed E-state index contributed by atoms with van der Waals surface area (Å²) in [5.74, 6) is -2.16. The SMILES string of the molecule is CC(C)(C)N1C(=O)C2C(Cc3c[nH]c4ccccc34)NC3(C(=O)Nc4ccccc43)C2C1=O. The van der Waals surface area contributed by atoms with E-state index in [1.165, 1.54) is 4.90 Å². The highest BCUT2D eigenvalue weighted by Crippen LogP contribution is 2.54. The molecule has 7 nitrogen and oxygen atoms in total. The first-order valence-corrected chi connectivity index (χ1v) is 11.3. The maximum absolute atomic E-state index is 13.8. The van der Waals surface area contributed by atoms with Crippen LogP contribution in [0.25, 0.3) is 10.9 Å². The molecule has 2 aromatic carbocycles. The number of imide groups is 1. The van der Waals surface area contributed by atoms with Crippen molar-refractivity contribution < 1.29 is 14.4 Å². The van der Waals surface area contributed by atoms with Gasteiger partial charge in [-0.05, 0) is 44.9 Å². The minimum absolute atomic E-state index is 0.205. The molecular weight excluding hydrogens is 416 g/mol. The van der Waals surface area contributed by atoms with E-state index in [9.17, 15) is 14.4 Å². The largest absolute Gasteiger partial charge is 0.361 e. The van der Waals surface area contributed by atoms with Crippen molar-refractivity contribution in [3.63, 3.8) is 0 Å². The number of aromatic amines is 1. The number of nitrogens with zero attached hydrogens (tertiary/aromatic N) is 1. The number of H-pyrrole nitrogens is 1. The lowest BCUT2D eigenvalue weighted by Gasteiger charge is -2.34. The molecule has 1 spiro atoms. The van der Waals surface area contributed by atoms with Crippen molar-refractivity contribution in [1.29, 1.82) is 0 Å². The van der Waals surface area contributed by atoms with Crippen LogP contribution >= 0.6 is 0 Å². The Morgan fingerprint density at radius 2 is 1.70 bits per heavy atom. The molecule has 33 heavy (non-hydrogen) atoms. The molecule has 0 bridgehead atoms. The van der Waals surface area contributed by atoms with Gasteiger partial charge in [0.15, 0.2) is 0 Å². The van der Waals surface area contributed by atoms with Gasteiger partial charge in [0, 0.05) is 39.9 Å². The van der Waals surface area contributed by atoms with Gasteiger partial charge in [0.05, 0.1) is 11.8 Å². The van der Waals surface area contributed by atoms with E-state index >= 15 is 0 Å². The van der Waals surface area contributed by atoms with Gasteiger partial charge >= 0.3 is 0 Å². The van der Waals surface area contributed by atoms with Crippen LogP contribution in [0, 0.1) is 11.8 Å². The number of nitrogens with one attached hydrogen (secondary N) is 3. The van der Waals surface area contributed by atoms with Gasteiger partial charge in [-0.15, -0.1) is 0 Å². The molecule has 6 rings (SSSR count). The molecule has 0 saturated carbocycles. The number of benzene rings is 2. The maximum atomic E-state index is 13.8. The fourth-order valence-corrected chi connectivity index (χ4v) is 6.13. The number of carbonyl (C=O) groups excluding carboxylic acids is 3. The fraction of sp³-hybridized carbons (Fsp3) is 0.346. The lowest BCUT2D eigenvalue weighted by molar-refractivity contribution is -0.147. The number of rotatable bonds is 2. The number of likely N-dealkylation sites (tertiary alicyclic amines) is 1. The smallest absolute Gasteiger partial charge is 0.250 e. The van der Waals surface area contributed by atoms with E-state index in [4.69, 9.17) is 0 Å². The van der Waals surface area contributed by atoms with Crippen molar-refractivity contribution in [3.05, 3.63) is 65.9 Å². The number of para-hydroxylation sites is 2. The van der Waals surface area contributed by atoms with Crippen LogP contribution in [-0.4, -0.2) is 39.2 Å². The molecule has 168 valence electrons. The Morgan fingerprint density at radius 3 is 2.48 bits per heavy atom. The molecule has 3 aromatic rings. The van der Waals surface area contributed by atoms with Crippen LogP contribution in [0.4, 0.5) is 5.69 Å². The van der Waals surface area contributed by atoms with Gasteiger partial charge in [0.1, 0.15) is 5.54 Å². The summed E-state index contributed by atoms with van der Waals surface area (Å²) < 4.78 is 0. The molecule has 3 N–H and O–H groups in total. The number of carbonyl (C=O) groups is 3. The average Bonchev–Trinajstić information content (AvgIpc) is 3.47. The molecule has 3 amide bonds. The van der Waals surface area contributed by atoms with Gasteiger partial charge in [0.25, 0.3) is 0 Å². The Balaban J connectivity index is 1.50. The van der Waals surface area contributed by atoms with Crippen LogP contribution in [-0.2, 0) is 26.3 Å². The molecule has 4 heterocycles. The van der Waals surface area contributed by atoms with E-state index in [1.807, 2.05) is 75.5 Å². The highest BCUT2D eigenvalue weighted by Gasteiger charge is 2.71. The van der Waals surface area contributed by atoms with Crippen molar-refractivity contribution >= 4 is 34.3 Å². The second-order valence-corrected chi connectivity index (χ2v) is 10.3. The van der Waals surface area contributed by atoms with Gasteiger partial charge in [-0.2, -0.15) is 0 Å². The zero-order valence-corrected chi connectivity index (χ0v) is 18.8. The molecule has 0 aliphatic carbocycles. The Hall–Kier alpha value is -3.45. The number of hydrogen-bond donors (Lipinski definition) is 3. The Kier molecular flexibility index (Phi) is 4.00. The van der Waals surface area contributed by atoms with E-state index in [0.29, 0.717) is 12.1 Å². The normalized spacial score (nSPS) is 28.6. The number of aromatic nitrogens is 1. The summed E-state index contributed by atoms with van der Waals surface area (Å²) >= 11 is 0. The molecule has 4 unspecified atom stereocenters. The summed E-state index contributed by atoms with van der Waals surface area (Å²) in [4.78, 5) is 45.7. The standard InChI is InChI=1S/C26H26N4O3/c1-25(2,3)30-22(31)20-19(12-14-13-27-17-10-6-4-8-15(14)17)29-26(21(20)23(30)32)16-9-5-7-11-18(16)28-24(26)33/h4-11,13,19-21,27,29H,12H2,1-3H3,(H,28,33). The van der Waals surface area contributed by atoms with Crippen LogP contribution in [0.3, 0.4) is 0 Å². The van der Waals surface area contributed by atoms with Crippen LogP contribution in [0.2, 0.25) is 0 Å². The van der Waals surface area contributed by atoms with Crippen molar-refractivity contribution in [2.45, 2.75) is 44.3 Å². The molecule has 7 heteroatoms. The van der Waals surface area contributed by atoms with E-state index in [2.05, 4.69) is 15.6 Å². The van der Waals surface area contributed by atoms with Crippen LogP contribution in [0.1, 0.15) is 31.9 Å². The third kappa shape index (κ3) is 2.57. The molecule has 1 aromatic heterocycles. The Labute approximate surface area is 191 Å². The van der Waals surface area contributed by atoms with Crippen molar-refractivity contribution in [2.24, 2.45) is 11.8 Å². The van der Waals surface area contributed by atoms with Gasteiger partial charge in [-0.1, -0.05) is 36.4 Å². The first-order valence-electron chi connectivity index (χ1n) is 11.3. The minimum Gasteiger partial charge on any atom is -0.361 e. The van der Waals surface area contributed by atoms with Crippen LogP contribution in [0.15, 0.2) is 54.7 Å². The van der Waals surface area contributed by atoms with Crippen LogP contribution in [0.5, 0.6) is 0 Å². The Morgan fingerprint density at radius 1 is 0.970 bits per heavy atom. The minimum atomic E-state index is -1.26. The van der Waals surface area contributed by atoms with Crippen molar-refractivity contribution in [3.8, 4) is 0 Å². The second-order valence-electron chi connectivity index (χ2n) is 10.3. The van der Waals surface area contributed by atoms with Crippen molar-refractivity contribution in [2.75, 3.05) is 5.32 Å². The summed E-state index contributed by atoms with van der Waals surface area (Å²) in [7, 11) is 0. The van der Waals surface area contributed by atoms with Crippen LogP contribution < -0.4 is 10.6 Å². The van der Waals surface area contributed by atoms with E-state index < -0.39 is 22.9 Å². The van der Waals surface area contributed by atoms with Gasteiger partial charge in [-0.3, -0.25) is 24.6 Å². The summed E-state index contributed by atoms with van der Waals surface area (Å²) in [6.07, 6.45) is 2.48. The van der Waals surface area contributed by atoms with E-state index in [-0.39, 0.29) is 23.8 Å². The lowest BCUT2D eigenvalue weighted by atomic mass is 9.76.